The summed E-state index contributed by atoms with van der Waals surface area (Å²) in [6.45, 7) is 1.68. The number of hydrogen-bond donors (Lipinski definition) is 0. The minimum Gasteiger partial charge on any atom is -0.491 e. The molecular formula is C25H34N4O6S. The predicted molar refractivity (Wildman–Crippen MR) is 142 cm³/mol. The van der Waals surface area contributed by atoms with Crippen LogP contribution >= 0.6 is 0 Å². The molecule has 0 fully saturated rings. The van der Waals surface area contributed by atoms with E-state index in [1.165, 1.54) is 5.69 Å². The lowest BCUT2D eigenvalue weighted by atomic mass is 10.1. The maximum atomic E-state index is 11.6. The molecule has 0 atom stereocenters. The van der Waals surface area contributed by atoms with Crippen LogP contribution in [-0.4, -0.2) is 74.5 Å². The molecule has 2 aromatic carbocycles. The summed E-state index contributed by atoms with van der Waals surface area (Å²) in [5.41, 5.74) is 11.5. The Morgan fingerprint density at radius 3 is 2.00 bits per heavy atom. The summed E-state index contributed by atoms with van der Waals surface area (Å²) in [6.07, 6.45) is 4.35. The molecule has 0 aliphatic carbocycles. The van der Waals surface area contributed by atoms with Gasteiger partial charge in [-0.1, -0.05) is 41.5 Å². The summed E-state index contributed by atoms with van der Waals surface area (Å²) in [5.74, 6) is 0.570. The highest BCUT2D eigenvalue weighted by molar-refractivity contribution is 7.86. The molecule has 2 aromatic rings. The van der Waals surface area contributed by atoms with Crippen LogP contribution in [0.25, 0.3) is 22.6 Å². The largest absolute Gasteiger partial charge is 0.491 e. The summed E-state index contributed by atoms with van der Waals surface area (Å²) in [6, 6.07) is 16.2. The van der Waals surface area contributed by atoms with Crippen LogP contribution in [0.1, 0.15) is 17.5 Å². The second-order valence-electron chi connectivity index (χ2n) is 7.85. The second-order valence-corrected chi connectivity index (χ2v) is 9.61. The van der Waals surface area contributed by atoms with Crippen molar-refractivity contribution in [3.05, 3.63) is 70.1 Å². The Kier molecular flexibility index (Phi) is 13.4. The molecule has 0 bridgehead atoms. The molecule has 0 unspecified atom stereocenters. The predicted octanol–water partition coefficient (Wildman–Crippen LogP) is 4.38. The molecule has 0 aliphatic rings. The topological polar surface area (TPSA) is 123 Å². The first kappa shape index (κ1) is 29.2. The van der Waals surface area contributed by atoms with Crippen molar-refractivity contribution in [1.82, 2.24) is 0 Å². The van der Waals surface area contributed by atoms with Gasteiger partial charge < -0.3 is 19.1 Å². The van der Waals surface area contributed by atoms with Gasteiger partial charge in [-0.05, 0) is 47.3 Å². The fourth-order valence-corrected chi connectivity index (χ4v) is 3.85. The molecule has 0 aliphatic heterocycles. The highest BCUT2D eigenvalue weighted by atomic mass is 32.2. The van der Waals surface area contributed by atoms with E-state index in [-0.39, 0.29) is 31.9 Å². The first-order valence-electron chi connectivity index (χ1n) is 11.6. The molecule has 2 rings (SSSR count). The number of anilines is 1. The SMILES string of the molecule is CN(C)c1ccc(/C=C/c2ccc(OCCOCCOCCOS(=O)(=O)CCCN=[N+]=[N-])cc2)cc1. The lowest BCUT2D eigenvalue weighted by molar-refractivity contribution is 0.0279. The Morgan fingerprint density at radius 2 is 1.42 bits per heavy atom. The van der Waals surface area contributed by atoms with Gasteiger partial charge >= 0.3 is 0 Å². The number of azide groups is 1. The smallest absolute Gasteiger partial charge is 0.267 e. The number of rotatable bonds is 18. The standard InChI is InChI=1S/C25H34N4O6S/c1-29(2)24-10-6-22(7-11-24)4-5-23-8-12-25(13-9-23)34-19-17-32-15-16-33-18-20-35-36(30,31)21-3-14-27-28-26/h4-13H,3,14-21H2,1-2H3/b5-4+. The van der Waals surface area contributed by atoms with Crippen molar-refractivity contribution < 1.29 is 26.8 Å². The Labute approximate surface area is 213 Å². The van der Waals surface area contributed by atoms with Gasteiger partial charge in [-0.2, -0.15) is 8.42 Å². The Morgan fingerprint density at radius 1 is 0.861 bits per heavy atom. The third kappa shape index (κ3) is 12.6. The van der Waals surface area contributed by atoms with Gasteiger partial charge in [0.25, 0.3) is 10.1 Å². The van der Waals surface area contributed by atoms with Crippen LogP contribution in [0.15, 0.2) is 53.6 Å². The Hall–Kier alpha value is -3.08. The lowest BCUT2D eigenvalue weighted by Crippen LogP contribution is -2.16. The van der Waals surface area contributed by atoms with E-state index in [1.54, 1.807) is 0 Å². The van der Waals surface area contributed by atoms with Crippen LogP contribution in [0.5, 0.6) is 5.75 Å². The third-order valence-electron chi connectivity index (χ3n) is 4.83. The molecule has 0 N–H and O–H groups in total. The van der Waals surface area contributed by atoms with Crippen molar-refractivity contribution >= 4 is 28.0 Å². The highest BCUT2D eigenvalue weighted by Gasteiger charge is 2.10. The van der Waals surface area contributed by atoms with Crippen molar-refractivity contribution in [2.75, 3.05) is 70.9 Å². The average Bonchev–Trinajstić information content (AvgIpc) is 2.87. The zero-order valence-electron chi connectivity index (χ0n) is 20.8. The molecule has 196 valence electrons. The molecule has 0 saturated carbocycles. The maximum Gasteiger partial charge on any atom is 0.267 e. The van der Waals surface area contributed by atoms with Crippen molar-refractivity contribution in [1.29, 1.82) is 0 Å². The van der Waals surface area contributed by atoms with E-state index >= 15 is 0 Å². The van der Waals surface area contributed by atoms with Gasteiger partial charge in [0.15, 0.2) is 0 Å². The summed E-state index contributed by atoms with van der Waals surface area (Å²) in [4.78, 5) is 4.63. The van der Waals surface area contributed by atoms with E-state index in [0.717, 1.165) is 16.9 Å². The van der Waals surface area contributed by atoms with Crippen molar-refractivity contribution in [2.24, 2.45) is 5.11 Å². The molecule has 0 spiro atoms. The average molecular weight is 519 g/mol. The van der Waals surface area contributed by atoms with E-state index in [4.69, 9.17) is 23.9 Å². The first-order chi connectivity index (χ1) is 17.4. The van der Waals surface area contributed by atoms with Gasteiger partial charge in [-0.25, -0.2) is 0 Å². The van der Waals surface area contributed by atoms with E-state index in [9.17, 15) is 8.42 Å². The Bertz CT molecular complexity index is 1070. The maximum absolute atomic E-state index is 11.6. The van der Waals surface area contributed by atoms with E-state index < -0.39 is 10.1 Å². The molecule has 0 aromatic heterocycles. The van der Waals surface area contributed by atoms with Crippen molar-refractivity contribution in [3.63, 3.8) is 0 Å². The fraction of sp³-hybridized carbons (Fsp3) is 0.440. The number of hydrogen-bond acceptors (Lipinski definition) is 8. The van der Waals surface area contributed by atoms with Gasteiger partial charge in [0, 0.05) is 31.2 Å². The first-order valence-corrected chi connectivity index (χ1v) is 13.2. The van der Waals surface area contributed by atoms with Crippen molar-refractivity contribution in [2.45, 2.75) is 6.42 Å². The normalized spacial score (nSPS) is 11.4. The molecule has 0 saturated heterocycles. The molecule has 36 heavy (non-hydrogen) atoms. The molecule has 0 radical (unpaired) electrons. The van der Waals surface area contributed by atoms with Gasteiger partial charge in [0.1, 0.15) is 12.4 Å². The summed E-state index contributed by atoms with van der Waals surface area (Å²) in [7, 11) is 0.409. The van der Waals surface area contributed by atoms with Gasteiger partial charge in [0.2, 0.25) is 0 Å². The molecule has 0 heterocycles. The number of ether oxygens (including phenoxy) is 3. The fourth-order valence-electron chi connectivity index (χ4n) is 2.93. The van der Waals surface area contributed by atoms with Crippen LogP contribution in [0.3, 0.4) is 0 Å². The quantitative estimate of drug-likeness (QED) is 0.0716. The Balaban J connectivity index is 1.52. The minimum atomic E-state index is -3.63. The summed E-state index contributed by atoms with van der Waals surface area (Å²) in [5, 5.41) is 3.28. The summed E-state index contributed by atoms with van der Waals surface area (Å²) >= 11 is 0. The van der Waals surface area contributed by atoms with E-state index in [2.05, 4.69) is 51.3 Å². The molecule has 10 nitrogen and oxygen atoms in total. The second kappa shape index (κ2) is 16.6. The molecular weight excluding hydrogens is 484 g/mol. The number of nitrogens with zero attached hydrogens (tertiary/aromatic N) is 4. The van der Waals surface area contributed by atoms with E-state index in [1.807, 2.05) is 38.4 Å². The number of benzene rings is 2. The molecule has 0 amide bonds. The van der Waals surface area contributed by atoms with Crippen LogP contribution in [0.4, 0.5) is 5.69 Å². The minimum absolute atomic E-state index is 0.0686. The summed E-state index contributed by atoms with van der Waals surface area (Å²) < 4.78 is 44.4. The monoisotopic (exact) mass is 518 g/mol. The van der Waals surface area contributed by atoms with Crippen LogP contribution in [0, 0.1) is 0 Å². The highest BCUT2D eigenvalue weighted by Crippen LogP contribution is 2.16. The zero-order valence-corrected chi connectivity index (χ0v) is 21.6. The third-order valence-corrected chi connectivity index (χ3v) is 6.15. The van der Waals surface area contributed by atoms with Gasteiger partial charge in [-0.3, -0.25) is 4.18 Å². The zero-order chi connectivity index (χ0) is 26.1. The van der Waals surface area contributed by atoms with Gasteiger partial charge in [0.05, 0.1) is 38.8 Å². The van der Waals surface area contributed by atoms with Crippen molar-refractivity contribution in [3.8, 4) is 5.75 Å². The van der Waals surface area contributed by atoms with Gasteiger partial charge in [-0.15, -0.1) is 0 Å². The lowest BCUT2D eigenvalue weighted by Gasteiger charge is -2.11. The van der Waals surface area contributed by atoms with Crippen LogP contribution in [0.2, 0.25) is 0 Å². The van der Waals surface area contributed by atoms with Crippen LogP contribution in [-0.2, 0) is 23.8 Å². The molecule has 11 heteroatoms. The van der Waals surface area contributed by atoms with Crippen LogP contribution < -0.4 is 9.64 Å². The van der Waals surface area contributed by atoms with E-state index in [0.29, 0.717) is 26.4 Å².